The van der Waals surface area contributed by atoms with Gasteiger partial charge in [0.25, 0.3) is 0 Å². The lowest BCUT2D eigenvalue weighted by Gasteiger charge is -2.12. The molecule has 0 saturated carbocycles. The molecule has 8 nitrogen and oxygen atoms in total. The molecule has 0 spiro atoms. The zero-order chi connectivity index (χ0) is 29.4. The van der Waals surface area contributed by atoms with E-state index in [-0.39, 0.29) is 61.4 Å². The third kappa shape index (κ3) is 41.9. The van der Waals surface area contributed by atoms with Gasteiger partial charge in [-0.2, -0.15) is 0 Å². The summed E-state index contributed by atoms with van der Waals surface area (Å²) < 4.78 is 0. The largest absolute Gasteiger partial charge is 0.356 e. The van der Waals surface area contributed by atoms with Crippen molar-refractivity contribution in [3.63, 3.8) is 0 Å². The van der Waals surface area contributed by atoms with Gasteiger partial charge in [-0.05, 0) is 84.1 Å². The van der Waals surface area contributed by atoms with E-state index in [0.717, 1.165) is 84.1 Å². The molecule has 0 rings (SSSR count). The number of carbonyl (C=O) groups excluding carboxylic acids is 2. The van der Waals surface area contributed by atoms with Gasteiger partial charge >= 0.3 is 0 Å². The molecule has 0 aliphatic rings. The molecule has 0 saturated heterocycles. The lowest BCUT2D eigenvalue weighted by Crippen LogP contribution is -2.41. The summed E-state index contributed by atoms with van der Waals surface area (Å²) in [5, 5.41) is 12.8. The quantitative estimate of drug-likeness (QED) is 0.0436. The molecule has 0 aromatic heterocycles. The van der Waals surface area contributed by atoms with E-state index in [1.165, 1.54) is 70.6 Å². The fourth-order valence-corrected chi connectivity index (χ4v) is 4.77. The van der Waals surface area contributed by atoms with Crippen molar-refractivity contribution in [3.8, 4) is 0 Å². The van der Waals surface area contributed by atoms with Gasteiger partial charge in [-0.1, -0.05) is 84.0 Å². The molecule has 0 bridgehead atoms. The standard InChI is InChI=1S/C32H68N6O2.4ClH/c1-2-3-4-5-6-7-8-9-10-11-12-13-14-22-31(39)37-28-16-15-21-30(34)32(40)38-29-20-27-36-25-18-17-24-35-26-19-23-33;;;;/h30,35-36H,2-29,33-34H2,1H3,(H,37,39)(H,38,40);4*1H/t30-;;;;/m1..../s1. The zero-order valence-corrected chi connectivity index (χ0v) is 31.2. The van der Waals surface area contributed by atoms with Crippen molar-refractivity contribution in [2.45, 2.75) is 148 Å². The summed E-state index contributed by atoms with van der Waals surface area (Å²) in [5.74, 6) is 0.0768. The van der Waals surface area contributed by atoms with Crippen molar-refractivity contribution < 1.29 is 9.59 Å². The number of amides is 2. The molecule has 0 aliphatic carbocycles. The van der Waals surface area contributed by atoms with E-state index >= 15 is 0 Å². The van der Waals surface area contributed by atoms with Crippen LogP contribution in [-0.4, -0.2) is 63.7 Å². The predicted molar refractivity (Wildman–Crippen MR) is 200 cm³/mol. The first-order valence-electron chi connectivity index (χ1n) is 17.0. The second-order valence-corrected chi connectivity index (χ2v) is 11.4. The van der Waals surface area contributed by atoms with Crippen LogP contribution in [0.25, 0.3) is 0 Å². The normalized spacial score (nSPS) is 10.9. The first-order valence-corrected chi connectivity index (χ1v) is 17.0. The minimum absolute atomic E-state index is 0. The number of halogens is 4. The smallest absolute Gasteiger partial charge is 0.236 e. The highest BCUT2D eigenvalue weighted by Gasteiger charge is 2.12. The summed E-state index contributed by atoms with van der Waals surface area (Å²) in [4.78, 5) is 24.2. The van der Waals surface area contributed by atoms with E-state index in [1.54, 1.807) is 0 Å². The molecule has 8 N–H and O–H groups in total. The Balaban J connectivity index is -0.00000127. The summed E-state index contributed by atoms with van der Waals surface area (Å²) in [7, 11) is 0. The first kappa shape index (κ1) is 53.4. The summed E-state index contributed by atoms with van der Waals surface area (Å²) in [6.07, 6.45) is 24.3. The Morgan fingerprint density at radius 2 is 0.955 bits per heavy atom. The number of unbranched alkanes of at least 4 members (excludes halogenated alkanes) is 14. The fraction of sp³-hybridized carbons (Fsp3) is 0.938. The maximum atomic E-state index is 12.2. The molecule has 0 aromatic carbocycles. The van der Waals surface area contributed by atoms with Crippen LogP contribution in [-0.2, 0) is 9.59 Å². The van der Waals surface area contributed by atoms with Crippen LogP contribution >= 0.6 is 49.6 Å². The molecule has 0 radical (unpaired) electrons. The SMILES string of the molecule is CCCCCCCCCCCCCCCC(=O)NCCCC[C@@H](N)C(=O)NCCCNCCCCNCCCN.Cl.Cl.Cl.Cl. The number of rotatable bonds is 32. The molecule has 1 atom stereocenters. The van der Waals surface area contributed by atoms with Crippen molar-refractivity contribution in [2.24, 2.45) is 11.5 Å². The van der Waals surface area contributed by atoms with Gasteiger partial charge in [0.05, 0.1) is 6.04 Å². The van der Waals surface area contributed by atoms with Gasteiger partial charge in [-0.25, -0.2) is 0 Å². The van der Waals surface area contributed by atoms with Crippen LogP contribution in [0.15, 0.2) is 0 Å². The average Bonchev–Trinajstić information content (AvgIpc) is 2.95. The highest BCUT2D eigenvalue weighted by atomic mass is 35.5. The summed E-state index contributed by atoms with van der Waals surface area (Å²) in [6, 6.07) is -0.471. The van der Waals surface area contributed by atoms with Gasteiger partial charge in [0.2, 0.25) is 11.8 Å². The average molecular weight is 715 g/mol. The topological polar surface area (TPSA) is 134 Å². The second-order valence-electron chi connectivity index (χ2n) is 11.4. The number of hydrogen-bond acceptors (Lipinski definition) is 6. The van der Waals surface area contributed by atoms with E-state index in [1.807, 2.05) is 0 Å². The predicted octanol–water partition coefficient (Wildman–Crippen LogP) is 6.58. The van der Waals surface area contributed by atoms with Crippen molar-refractivity contribution in [3.05, 3.63) is 0 Å². The molecular weight excluding hydrogens is 642 g/mol. The van der Waals surface area contributed by atoms with Gasteiger partial charge in [-0.15, -0.1) is 49.6 Å². The lowest BCUT2D eigenvalue weighted by atomic mass is 10.0. The monoisotopic (exact) mass is 712 g/mol. The third-order valence-corrected chi connectivity index (χ3v) is 7.45. The van der Waals surface area contributed by atoms with Gasteiger partial charge in [0.1, 0.15) is 0 Å². The fourth-order valence-electron chi connectivity index (χ4n) is 4.77. The van der Waals surface area contributed by atoms with Gasteiger partial charge < -0.3 is 32.7 Å². The molecule has 2 amide bonds. The molecular formula is C32H72Cl4N6O2. The summed E-state index contributed by atoms with van der Waals surface area (Å²) in [5.41, 5.74) is 11.5. The van der Waals surface area contributed by atoms with Crippen molar-refractivity contribution in [1.29, 1.82) is 0 Å². The van der Waals surface area contributed by atoms with E-state index in [2.05, 4.69) is 28.2 Å². The Morgan fingerprint density at radius 1 is 0.523 bits per heavy atom. The molecule has 0 fully saturated rings. The highest BCUT2D eigenvalue weighted by Crippen LogP contribution is 2.13. The Bertz CT molecular complexity index is 569. The molecule has 0 unspecified atom stereocenters. The van der Waals surface area contributed by atoms with E-state index in [9.17, 15) is 9.59 Å². The number of carbonyl (C=O) groups is 2. The van der Waals surface area contributed by atoms with E-state index < -0.39 is 6.04 Å². The second kappa shape index (κ2) is 45.1. The van der Waals surface area contributed by atoms with Crippen LogP contribution < -0.4 is 32.7 Å². The molecule has 270 valence electrons. The molecule has 0 aliphatic heterocycles. The van der Waals surface area contributed by atoms with E-state index in [4.69, 9.17) is 11.5 Å². The van der Waals surface area contributed by atoms with Crippen molar-refractivity contribution in [2.75, 3.05) is 45.8 Å². The van der Waals surface area contributed by atoms with Crippen LogP contribution in [0, 0.1) is 0 Å². The molecule has 44 heavy (non-hydrogen) atoms. The lowest BCUT2D eigenvalue weighted by molar-refractivity contribution is -0.123. The number of hydrogen-bond donors (Lipinski definition) is 6. The summed E-state index contributed by atoms with van der Waals surface area (Å²) >= 11 is 0. The number of nitrogens with two attached hydrogens (primary N) is 2. The first-order chi connectivity index (χ1) is 19.6. The number of nitrogens with one attached hydrogen (secondary N) is 4. The van der Waals surface area contributed by atoms with Crippen LogP contribution in [0.2, 0.25) is 0 Å². The highest BCUT2D eigenvalue weighted by molar-refractivity contribution is 5.86. The van der Waals surface area contributed by atoms with Gasteiger partial charge in [0.15, 0.2) is 0 Å². The Hall–Kier alpha value is -0.0600. The van der Waals surface area contributed by atoms with Gasteiger partial charge in [0, 0.05) is 19.5 Å². The van der Waals surface area contributed by atoms with Crippen LogP contribution in [0.1, 0.15) is 142 Å². The van der Waals surface area contributed by atoms with Crippen LogP contribution in [0.3, 0.4) is 0 Å². The van der Waals surface area contributed by atoms with E-state index in [0.29, 0.717) is 25.9 Å². The Kier molecular flexibility index (Phi) is 54.7. The maximum Gasteiger partial charge on any atom is 0.236 e. The Labute approximate surface area is 296 Å². The van der Waals surface area contributed by atoms with Crippen LogP contribution in [0.4, 0.5) is 0 Å². The van der Waals surface area contributed by atoms with Crippen LogP contribution in [0.5, 0.6) is 0 Å². The minimum atomic E-state index is -0.471. The molecule has 0 aromatic rings. The minimum Gasteiger partial charge on any atom is -0.356 e. The summed E-state index contributed by atoms with van der Waals surface area (Å²) in [6.45, 7) is 8.28. The molecule has 0 heterocycles. The Morgan fingerprint density at radius 3 is 1.48 bits per heavy atom. The third-order valence-electron chi connectivity index (χ3n) is 7.45. The van der Waals surface area contributed by atoms with Crippen molar-refractivity contribution in [1.82, 2.24) is 21.3 Å². The zero-order valence-electron chi connectivity index (χ0n) is 28.0. The van der Waals surface area contributed by atoms with Gasteiger partial charge in [-0.3, -0.25) is 9.59 Å². The molecule has 12 heteroatoms. The van der Waals surface area contributed by atoms with Crippen molar-refractivity contribution >= 4 is 61.4 Å². The maximum absolute atomic E-state index is 12.2.